The number of nitrogens with zero attached hydrogens (tertiary/aromatic N) is 1. The zero-order valence-corrected chi connectivity index (χ0v) is 9.93. The van der Waals surface area contributed by atoms with Crippen molar-refractivity contribution in [3.8, 4) is 11.6 Å². The Bertz CT molecular complexity index is 578. The van der Waals surface area contributed by atoms with E-state index in [-0.39, 0.29) is 5.78 Å². The Morgan fingerprint density at radius 3 is 2.89 bits per heavy atom. The normalized spacial score (nSPS) is 14.1. The van der Waals surface area contributed by atoms with Crippen molar-refractivity contribution in [2.24, 2.45) is 0 Å². The van der Waals surface area contributed by atoms with Gasteiger partial charge in [0.05, 0.1) is 0 Å². The molecule has 1 aliphatic carbocycles. The van der Waals surface area contributed by atoms with Crippen LogP contribution >= 0.6 is 0 Å². The first kappa shape index (κ1) is 11.0. The Morgan fingerprint density at radius 1 is 1.11 bits per heavy atom. The number of hydrogen-bond donors (Lipinski definition) is 0. The lowest BCUT2D eigenvalue weighted by Crippen LogP contribution is -2.10. The van der Waals surface area contributed by atoms with Gasteiger partial charge in [-0.2, -0.15) is 0 Å². The maximum absolute atomic E-state index is 11.8. The highest BCUT2D eigenvalue weighted by atomic mass is 16.5. The fraction of sp³-hybridized carbons (Fsp3) is 0.200. The molecule has 1 aromatic heterocycles. The Labute approximate surface area is 105 Å². The summed E-state index contributed by atoms with van der Waals surface area (Å²) in [5.41, 5.74) is 1.93. The number of Topliss-reactive ketones (excluding diaryl/α,β-unsaturated/α-hetero) is 1. The molecular weight excluding hydrogens is 226 g/mol. The van der Waals surface area contributed by atoms with E-state index in [9.17, 15) is 4.79 Å². The lowest BCUT2D eigenvalue weighted by atomic mass is 9.90. The molecule has 90 valence electrons. The third-order valence-corrected chi connectivity index (χ3v) is 3.09. The SMILES string of the molecule is O=C1CCCc2ccc(Oc3ccccn3)cc21. The summed E-state index contributed by atoms with van der Waals surface area (Å²) < 4.78 is 5.63. The monoisotopic (exact) mass is 239 g/mol. The van der Waals surface area contributed by atoms with E-state index in [2.05, 4.69) is 4.98 Å². The van der Waals surface area contributed by atoms with Crippen LogP contribution < -0.4 is 4.74 Å². The van der Waals surface area contributed by atoms with E-state index in [1.54, 1.807) is 12.3 Å². The number of aromatic nitrogens is 1. The van der Waals surface area contributed by atoms with Gasteiger partial charge in [0, 0.05) is 24.2 Å². The molecule has 0 fully saturated rings. The first-order valence-electron chi connectivity index (χ1n) is 6.08. The molecule has 0 amide bonds. The molecule has 0 spiro atoms. The highest BCUT2D eigenvalue weighted by molar-refractivity contribution is 5.98. The minimum atomic E-state index is 0.211. The minimum Gasteiger partial charge on any atom is -0.439 e. The summed E-state index contributed by atoms with van der Waals surface area (Å²) in [4.78, 5) is 15.9. The van der Waals surface area contributed by atoms with Gasteiger partial charge in [-0.15, -0.1) is 0 Å². The first-order chi connectivity index (χ1) is 8.83. The maximum Gasteiger partial charge on any atom is 0.219 e. The van der Waals surface area contributed by atoms with Gasteiger partial charge in [0.15, 0.2) is 5.78 Å². The second-order valence-corrected chi connectivity index (χ2v) is 4.37. The number of fused-ring (bicyclic) bond motifs is 1. The molecule has 1 heterocycles. The predicted octanol–water partition coefficient (Wildman–Crippen LogP) is 3.39. The van der Waals surface area contributed by atoms with Crippen molar-refractivity contribution >= 4 is 5.78 Å². The van der Waals surface area contributed by atoms with Crippen LogP contribution in [0, 0.1) is 0 Å². The van der Waals surface area contributed by atoms with E-state index in [1.165, 1.54) is 0 Å². The minimum absolute atomic E-state index is 0.211. The lowest BCUT2D eigenvalue weighted by Gasteiger charge is -2.15. The van der Waals surface area contributed by atoms with Crippen molar-refractivity contribution in [3.63, 3.8) is 0 Å². The second kappa shape index (κ2) is 4.61. The molecule has 0 atom stereocenters. The van der Waals surface area contributed by atoms with E-state index in [0.717, 1.165) is 24.0 Å². The van der Waals surface area contributed by atoms with Crippen LogP contribution in [0.1, 0.15) is 28.8 Å². The third kappa shape index (κ3) is 2.12. The summed E-state index contributed by atoms with van der Waals surface area (Å²) in [7, 11) is 0. The van der Waals surface area contributed by atoms with Gasteiger partial charge >= 0.3 is 0 Å². The molecule has 3 rings (SSSR count). The van der Waals surface area contributed by atoms with Gasteiger partial charge in [0.2, 0.25) is 5.88 Å². The number of aryl methyl sites for hydroxylation is 1. The molecule has 0 unspecified atom stereocenters. The molecule has 2 aromatic rings. The van der Waals surface area contributed by atoms with Crippen molar-refractivity contribution < 1.29 is 9.53 Å². The highest BCUT2D eigenvalue weighted by Gasteiger charge is 2.17. The van der Waals surface area contributed by atoms with Gasteiger partial charge in [-0.05, 0) is 36.6 Å². The molecule has 1 aromatic carbocycles. The van der Waals surface area contributed by atoms with E-state index in [0.29, 0.717) is 18.1 Å². The van der Waals surface area contributed by atoms with Crippen LogP contribution in [0.25, 0.3) is 0 Å². The summed E-state index contributed by atoms with van der Waals surface area (Å²) in [6.45, 7) is 0. The second-order valence-electron chi connectivity index (χ2n) is 4.37. The Kier molecular flexibility index (Phi) is 2.81. The van der Waals surface area contributed by atoms with Gasteiger partial charge in [0.25, 0.3) is 0 Å². The van der Waals surface area contributed by atoms with Crippen molar-refractivity contribution in [1.29, 1.82) is 0 Å². The Morgan fingerprint density at radius 2 is 2.06 bits per heavy atom. The van der Waals surface area contributed by atoms with Crippen LogP contribution in [-0.4, -0.2) is 10.8 Å². The van der Waals surface area contributed by atoms with Crippen molar-refractivity contribution in [3.05, 3.63) is 53.7 Å². The number of pyridine rings is 1. The summed E-state index contributed by atoms with van der Waals surface area (Å²) in [5.74, 6) is 1.42. The Balaban J connectivity index is 1.90. The fourth-order valence-corrected chi connectivity index (χ4v) is 2.20. The first-order valence-corrected chi connectivity index (χ1v) is 6.08. The van der Waals surface area contributed by atoms with Crippen LogP contribution in [0.5, 0.6) is 11.6 Å². The van der Waals surface area contributed by atoms with Crippen molar-refractivity contribution in [2.75, 3.05) is 0 Å². The summed E-state index contributed by atoms with van der Waals surface area (Å²) in [5, 5.41) is 0. The van der Waals surface area contributed by atoms with Gasteiger partial charge in [-0.25, -0.2) is 4.98 Å². The molecule has 1 aliphatic rings. The molecule has 0 saturated carbocycles. The summed E-state index contributed by atoms with van der Waals surface area (Å²) in [6.07, 6.45) is 4.25. The van der Waals surface area contributed by atoms with Crippen molar-refractivity contribution in [1.82, 2.24) is 4.98 Å². The standard InChI is InChI=1S/C15H13NO2/c17-14-5-3-4-11-7-8-12(10-13(11)14)18-15-6-1-2-9-16-15/h1-2,6-10H,3-5H2. The number of rotatable bonds is 2. The number of hydrogen-bond acceptors (Lipinski definition) is 3. The number of carbonyl (C=O) groups excluding carboxylic acids is 1. The number of ether oxygens (including phenoxy) is 1. The average molecular weight is 239 g/mol. The topological polar surface area (TPSA) is 39.2 Å². The number of benzene rings is 1. The quantitative estimate of drug-likeness (QED) is 0.806. The van der Waals surface area contributed by atoms with Crippen molar-refractivity contribution in [2.45, 2.75) is 19.3 Å². The molecule has 3 nitrogen and oxygen atoms in total. The molecular formula is C15H13NO2. The molecule has 0 N–H and O–H groups in total. The largest absolute Gasteiger partial charge is 0.439 e. The van der Waals surface area contributed by atoms with Crippen LogP contribution in [0.4, 0.5) is 0 Å². The van der Waals surface area contributed by atoms with Crippen LogP contribution in [0.2, 0.25) is 0 Å². The Hall–Kier alpha value is -2.16. The van der Waals surface area contributed by atoms with Crippen LogP contribution in [0.15, 0.2) is 42.6 Å². The average Bonchev–Trinajstić information content (AvgIpc) is 2.41. The lowest BCUT2D eigenvalue weighted by molar-refractivity contribution is 0.0972. The summed E-state index contributed by atoms with van der Waals surface area (Å²) in [6, 6.07) is 11.2. The molecule has 3 heteroatoms. The zero-order valence-electron chi connectivity index (χ0n) is 9.93. The molecule has 0 saturated heterocycles. The molecule has 0 bridgehead atoms. The van der Waals surface area contributed by atoms with Crippen LogP contribution in [0.3, 0.4) is 0 Å². The van der Waals surface area contributed by atoms with Gasteiger partial charge in [0.1, 0.15) is 5.75 Å². The fourth-order valence-electron chi connectivity index (χ4n) is 2.20. The number of carbonyl (C=O) groups is 1. The maximum atomic E-state index is 11.8. The van der Waals surface area contributed by atoms with E-state index < -0.39 is 0 Å². The smallest absolute Gasteiger partial charge is 0.219 e. The number of ketones is 1. The highest BCUT2D eigenvalue weighted by Crippen LogP contribution is 2.27. The van der Waals surface area contributed by atoms with E-state index in [4.69, 9.17) is 4.74 Å². The predicted molar refractivity (Wildman–Crippen MR) is 68.0 cm³/mol. The zero-order chi connectivity index (χ0) is 12.4. The van der Waals surface area contributed by atoms with E-state index in [1.807, 2.05) is 30.3 Å². The summed E-state index contributed by atoms with van der Waals surface area (Å²) >= 11 is 0. The van der Waals surface area contributed by atoms with E-state index >= 15 is 0 Å². The molecule has 0 radical (unpaired) electrons. The molecule has 0 aliphatic heterocycles. The van der Waals surface area contributed by atoms with Gasteiger partial charge in [-0.1, -0.05) is 12.1 Å². The van der Waals surface area contributed by atoms with Crippen LogP contribution in [-0.2, 0) is 6.42 Å². The van der Waals surface area contributed by atoms with Gasteiger partial charge < -0.3 is 4.74 Å². The third-order valence-electron chi connectivity index (χ3n) is 3.09. The van der Waals surface area contributed by atoms with Gasteiger partial charge in [-0.3, -0.25) is 4.79 Å². The molecule has 18 heavy (non-hydrogen) atoms.